The van der Waals surface area contributed by atoms with E-state index in [1.54, 1.807) is 0 Å². The Kier molecular flexibility index (Phi) is 5.81. The van der Waals surface area contributed by atoms with Crippen LogP contribution in [-0.4, -0.2) is 23.1 Å². The van der Waals surface area contributed by atoms with Gasteiger partial charge in [-0.25, -0.2) is 0 Å². The predicted molar refractivity (Wildman–Crippen MR) is 113 cm³/mol. The number of nitro benzene ring substituents is 1. The maximum absolute atomic E-state index is 12.9. The van der Waals surface area contributed by atoms with Crippen molar-refractivity contribution < 1.29 is 17.5 Å². The molecule has 30 heavy (non-hydrogen) atoms. The molecule has 0 aliphatic carbocycles. The molecule has 0 amide bonds. The van der Waals surface area contributed by atoms with Crippen molar-refractivity contribution in [2.45, 2.75) is 31.1 Å². The van der Waals surface area contributed by atoms with E-state index in [0.717, 1.165) is 0 Å². The normalized spacial score (nSPS) is 12.0. The largest absolute Gasteiger partial charge is 0.358 e. The minimum atomic E-state index is -4.34. The lowest BCUT2D eigenvalue weighted by molar-refractivity contribution is -0.384. The van der Waals surface area contributed by atoms with Gasteiger partial charge in [-0.05, 0) is 30.3 Å². The molecule has 1 heterocycles. The highest BCUT2D eigenvalue weighted by Gasteiger charge is 2.27. The van der Waals surface area contributed by atoms with Crippen molar-refractivity contribution in [3.8, 4) is 11.6 Å². The van der Waals surface area contributed by atoms with Gasteiger partial charge in [-0.2, -0.15) is 18.2 Å². The highest BCUT2D eigenvalue weighted by Crippen LogP contribution is 2.32. The van der Waals surface area contributed by atoms with Gasteiger partial charge in [0.05, 0.1) is 21.3 Å². The molecule has 0 atom stereocenters. The van der Waals surface area contributed by atoms with Gasteiger partial charge in [0.25, 0.3) is 5.69 Å². The summed E-state index contributed by atoms with van der Waals surface area (Å²) < 4.78 is 32.4. The quantitative estimate of drug-likeness (QED) is 0.290. The third-order valence-corrected chi connectivity index (χ3v) is 6.05. The molecule has 1 aromatic heterocycles. The smallest absolute Gasteiger partial charge is 0.342 e. The van der Waals surface area contributed by atoms with Crippen LogP contribution in [0.5, 0.6) is 5.88 Å². The molecule has 0 aliphatic rings. The zero-order valence-electron chi connectivity index (χ0n) is 16.2. The van der Waals surface area contributed by atoms with Crippen LogP contribution in [0.25, 0.3) is 5.69 Å². The average molecular weight is 470 g/mol. The molecule has 11 heteroatoms. The number of hydrogen-bond acceptors (Lipinski definition) is 6. The van der Waals surface area contributed by atoms with Gasteiger partial charge in [0.15, 0.2) is 0 Å². The van der Waals surface area contributed by atoms with Crippen LogP contribution in [-0.2, 0) is 15.5 Å². The van der Waals surface area contributed by atoms with E-state index >= 15 is 0 Å². The SMILES string of the molecule is CC(C)(C)c1cc(OS(=O)(=O)c2cc(Cl)ccc2Cl)n(-c2ccc([N+](=O)[O-])cc2)n1. The average Bonchev–Trinajstić information content (AvgIpc) is 3.07. The van der Waals surface area contributed by atoms with Gasteiger partial charge in [-0.3, -0.25) is 10.1 Å². The molecule has 0 bridgehead atoms. The van der Waals surface area contributed by atoms with Crippen molar-refractivity contribution >= 4 is 39.0 Å². The van der Waals surface area contributed by atoms with Crippen molar-refractivity contribution in [2.75, 3.05) is 0 Å². The molecule has 158 valence electrons. The van der Waals surface area contributed by atoms with Crippen molar-refractivity contribution in [1.82, 2.24) is 9.78 Å². The van der Waals surface area contributed by atoms with Crippen LogP contribution in [0.3, 0.4) is 0 Å². The Bertz CT molecular complexity index is 1220. The minimum Gasteiger partial charge on any atom is -0.358 e. The topological polar surface area (TPSA) is 104 Å². The van der Waals surface area contributed by atoms with Crippen LogP contribution in [0.1, 0.15) is 26.5 Å². The summed E-state index contributed by atoms with van der Waals surface area (Å²) >= 11 is 11.9. The van der Waals surface area contributed by atoms with Crippen LogP contribution in [0, 0.1) is 10.1 Å². The molecular formula is C19H17Cl2N3O5S. The molecule has 0 fully saturated rings. The van der Waals surface area contributed by atoms with E-state index < -0.39 is 20.5 Å². The molecule has 0 saturated heterocycles. The zero-order chi connectivity index (χ0) is 22.3. The molecule has 3 aromatic rings. The Hall–Kier alpha value is -2.62. The van der Waals surface area contributed by atoms with Crippen molar-refractivity contribution in [3.05, 3.63) is 74.4 Å². The van der Waals surface area contributed by atoms with Crippen molar-refractivity contribution in [2.24, 2.45) is 0 Å². The summed E-state index contributed by atoms with van der Waals surface area (Å²) in [6.45, 7) is 5.71. The summed E-state index contributed by atoms with van der Waals surface area (Å²) in [6, 6.07) is 11.0. The molecule has 2 aromatic carbocycles. The summed E-state index contributed by atoms with van der Waals surface area (Å²) in [5.41, 5.74) is 0.422. The standard InChI is InChI=1S/C19H17Cl2N3O5S/c1-19(2,3)17-11-18(23(22-17)13-5-7-14(8-6-13)24(25)26)29-30(27,28)16-10-12(20)4-9-15(16)21/h4-11H,1-3H3. The number of nitrogens with zero attached hydrogens (tertiary/aromatic N) is 3. The third-order valence-electron chi connectivity index (χ3n) is 4.11. The van der Waals surface area contributed by atoms with Crippen LogP contribution in [0.15, 0.2) is 53.4 Å². The second-order valence-corrected chi connectivity index (χ2v) is 9.77. The van der Waals surface area contributed by atoms with Crippen LogP contribution in [0.2, 0.25) is 10.0 Å². The Morgan fingerprint density at radius 1 is 1.07 bits per heavy atom. The minimum absolute atomic E-state index is 0.0446. The number of aromatic nitrogens is 2. The lowest BCUT2D eigenvalue weighted by Crippen LogP contribution is -2.13. The Balaban J connectivity index is 2.10. The first-order chi connectivity index (χ1) is 13.9. The van der Waals surface area contributed by atoms with Crippen LogP contribution in [0.4, 0.5) is 5.69 Å². The number of hydrogen-bond donors (Lipinski definition) is 0. The first-order valence-electron chi connectivity index (χ1n) is 8.63. The highest BCUT2D eigenvalue weighted by molar-refractivity contribution is 7.87. The van der Waals surface area contributed by atoms with E-state index in [2.05, 4.69) is 5.10 Å². The predicted octanol–water partition coefficient (Wildman–Crippen LogP) is 5.15. The fourth-order valence-corrected chi connectivity index (χ4v) is 4.17. The van der Waals surface area contributed by atoms with Crippen molar-refractivity contribution in [1.29, 1.82) is 0 Å². The maximum atomic E-state index is 12.9. The number of nitro groups is 1. The number of benzene rings is 2. The zero-order valence-corrected chi connectivity index (χ0v) is 18.5. The van der Waals surface area contributed by atoms with E-state index in [9.17, 15) is 18.5 Å². The van der Waals surface area contributed by atoms with Gasteiger partial charge < -0.3 is 4.18 Å². The van der Waals surface area contributed by atoms with Crippen LogP contribution < -0.4 is 4.18 Å². The molecule has 8 nitrogen and oxygen atoms in total. The first kappa shape index (κ1) is 22.1. The summed E-state index contributed by atoms with van der Waals surface area (Å²) in [5, 5.41) is 15.5. The summed E-state index contributed by atoms with van der Waals surface area (Å²) in [5.74, 6) is -0.0928. The van der Waals surface area contributed by atoms with E-state index in [-0.39, 0.29) is 26.5 Å². The Morgan fingerprint density at radius 2 is 1.70 bits per heavy atom. The lowest BCUT2D eigenvalue weighted by atomic mass is 9.93. The monoisotopic (exact) mass is 469 g/mol. The van der Waals surface area contributed by atoms with E-state index in [1.807, 2.05) is 20.8 Å². The molecule has 0 aliphatic heterocycles. The molecule has 0 spiro atoms. The van der Waals surface area contributed by atoms with Gasteiger partial charge >= 0.3 is 10.1 Å². The lowest BCUT2D eigenvalue weighted by Gasteiger charge is -2.13. The van der Waals surface area contributed by atoms with Gasteiger partial charge in [-0.1, -0.05) is 44.0 Å². The fraction of sp³-hybridized carbons (Fsp3) is 0.211. The third kappa shape index (κ3) is 4.58. The summed E-state index contributed by atoms with van der Waals surface area (Å²) in [7, 11) is -4.34. The maximum Gasteiger partial charge on any atom is 0.342 e. The van der Waals surface area contributed by atoms with E-state index in [4.69, 9.17) is 27.4 Å². The van der Waals surface area contributed by atoms with Crippen molar-refractivity contribution in [3.63, 3.8) is 0 Å². The number of halogens is 2. The van der Waals surface area contributed by atoms with Gasteiger partial charge in [0.2, 0.25) is 5.88 Å². The van der Waals surface area contributed by atoms with Gasteiger partial charge in [0.1, 0.15) is 4.90 Å². The summed E-state index contributed by atoms with van der Waals surface area (Å²) in [6.07, 6.45) is 0. The van der Waals surface area contributed by atoms with Gasteiger partial charge in [0, 0.05) is 28.6 Å². The Morgan fingerprint density at radius 3 is 2.27 bits per heavy atom. The first-order valence-corrected chi connectivity index (χ1v) is 10.8. The molecule has 0 unspecified atom stereocenters. The van der Waals surface area contributed by atoms with Gasteiger partial charge in [-0.15, -0.1) is 0 Å². The van der Waals surface area contributed by atoms with E-state index in [0.29, 0.717) is 11.4 Å². The molecule has 0 N–H and O–H groups in total. The second-order valence-electron chi connectivity index (χ2n) is 7.42. The molecular weight excluding hydrogens is 453 g/mol. The molecule has 3 rings (SSSR count). The Labute approximate surface area is 183 Å². The summed E-state index contributed by atoms with van der Waals surface area (Å²) in [4.78, 5) is 10.1. The van der Waals surface area contributed by atoms with E-state index in [1.165, 1.54) is 53.2 Å². The number of rotatable bonds is 5. The number of non-ortho nitro benzene ring substituents is 1. The second kappa shape index (κ2) is 7.90. The highest BCUT2D eigenvalue weighted by atomic mass is 35.5. The molecule has 0 radical (unpaired) electrons. The molecule has 0 saturated carbocycles. The fourth-order valence-electron chi connectivity index (χ4n) is 2.52. The van der Waals surface area contributed by atoms with Crippen LogP contribution >= 0.6 is 23.2 Å².